The lowest BCUT2D eigenvalue weighted by Gasteiger charge is -2.36. The molecular formula is C18H29ClIN5O2. The first-order valence-electron chi connectivity index (χ1n) is 9.11. The van der Waals surface area contributed by atoms with Crippen molar-refractivity contribution in [2.45, 2.75) is 30.9 Å². The van der Waals surface area contributed by atoms with Gasteiger partial charge in [0.05, 0.1) is 10.6 Å². The molecule has 0 aliphatic carbocycles. The van der Waals surface area contributed by atoms with E-state index in [9.17, 15) is 0 Å². The third-order valence-corrected chi connectivity index (χ3v) is 5.50. The molecule has 0 bridgehead atoms. The molecule has 3 heterocycles. The van der Waals surface area contributed by atoms with Gasteiger partial charge in [-0.05, 0) is 18.6 Å². The molecule has 0 spiro atoms. The first-order chi connectivity index (χ1) is 12.7. The van der Waals surface area contributed by atoms with Gasteiger partial charge < -0.3 is 25.0 Å². The van der Waals surface area contributed by atoms with E-state index in [1.54, 1.807) is 20.4 Å². The van der Waals surface area contributed by atoms with E-state index in [1.807, 2.05) is 12.1 Å². The Morgan fingerprint density at radius 1 is 1.48 bits per heavy atom. The number of anilines is 1. The second-order valence-electron chi connectivity index (χ2n) is 6.81. The molecule has 1 atom stereocenters. The highest BCUT2D eigenvalue weighted by Gasteiger charge is 2.33. The molecule has 1 unspecified atom stereocenters. The molecule has 1 aromatic rings. The molecule has 0 aromatic carbocycles. The van der Waals surface area contributed by atoms with Crippen molar-refractivity contribution in [1.29, 1.82) is 0 Å². The first kappa shape index (κ1) is 22.4. The summed E-state index contributed by atoms with van der Waals surface area (Å²) in [5.41, 5.74) is -0.181. The average molecular weight is 510 g/mol. The van der Waals surface area contributed by atoms with Gasteiger partial charge in [0.25, 0.3) is 0 Å². The molecule has 27 heavy (non-hydrogen) atoms. The summed E-state index contributed by atoms with van der Waals surface area (Å²) < 4.78 is 11.2. The molecule has 3 rings (SSSR count). The van der Waals surface area contributed by atoms with Gasteiger partial charge in [-0.15, -0.1) is 24.0 Å². The highest BCUT2D eigenvalue weighted by atomic mass is 127. The van der Waals surface area contributed by atoms with Crippen LogP contribution in [0.2, 0.25) is 5.02 Å². The van der Waals surface area contributed by atoms with Crippen LogP contribution in [0.15, 0.2) is 23.3 Å². The van der Waals surface area contributed by atoms with E-state index in [2.05, 4.69) is 25.5 Å². The van der Waals surface area contributed by atoms with Gasteiger partial charge in [0.2, 0.25) is 0 Å². The summed E-state index contributed by atoms with van der Waals surface area (Å²) in [7, 11) is 3.57. The quantitative estimate of drug-likeness (QED) is 0.361. The van der Waals surface area contributed by atoms with Crippen LogP contribution in [0.25, 0.3) is 0 Å². The monoisotopic (exact) mass is 509 g/mol. The zero-order valence-electron chi connectivity index (χ0n) is 15.9. The predicted octanol–water partition coefficient (Wildman–Crippen LogP) is 2.29. The van der Waals surface area contributed by atoms with E-state index in [1.165, 1.54) is 0 Å². The van der Waals surface area contributed by atoms with Crippen LogP contribution >= 0.6 is 35.6 Å². The van der Waals surface area contributed by atoms with Gasteiger partial charge >= 0.3 is 0 Å². The third kappa shape index (κ3) is 5.82. The van der Waals surface area contributed by atoms with Crippen molar-refractivity contribution in [3.8, 4) is 0 Å². The number of pyridine rings is 1. The van der Waals surface area contributed by atoms with Crippen LogP contribution in [-0.2, 0) is 9.47 Å². The number of aliphatic imine (C=N–C) groups is 1. The van der Waals surface area contributed by atoms with Crippen LogP contribution in [0.3, 0.4) is 0 Å². The van der Waals surface area contributed by atoms with E-state index in [0.717, 1.165) is 63.9 Å². The minimum atomic E-state index is -0.181. The molecule has 2 fully saturated rings. The van der Waals surface area contributed by atoms with Crippen LogP contribution < -0.4 is 15.5 Å². The standard InChI is InChI=1S/C18H28ClN5O2.HI/c1-20-17(22-13-18(25-2)6-10-26-11-7-18)23-14-5-9-24(12-14)16-15(19)4-3-8-21-16;/h3-4,8,14H,5-7,9-13H2,1-2H3,(H2,20,22,23);1H. The maximum Gasteiger partial charge on any atom is 0.191 e. The zero-order valence-corrected chi connectivity index (χ0v) is 19.0. The normalized spacial score (nSPS) is 22.3. The summed E-state index contributed by atoms with van der Waals surface area (Å²) in [6.07, 6.45) is 4.57. The Morgan fingerprint density at radius 3 is 2.93 bits per heavy atom. The lowest BCUT2D eigenvalue weighted by molar-refractivity contribution is -0.0855. The second-order valence-corrected chi connectivity index (χ2v) is 7.22. The van der Waals surface area contributed by atoms with Gasteiger partial charge in [0, 0.05) is 72.1 Å². The summed E-state index contributed by atoms with van der Waals surface area (Å²) in [6, 6.07) is 4.03. The Bertz CT molecular complexity index is 628. The summed E-state index contributed by atoms with van der Waals surface area (Å²) >= 11 is 6.27. The number of rotatable bonds is 5. The summed E-state index contributed by atoms with van der Waals surface area (Å²) in [5, 5.41) is 7.62. The van der Waals surface area contributed by atoms with Crippen LogP contribution in [0.4, 0.5) is 5.82 Å². The largest absolute Gasteiger partial charge is 0.381 e. The van der Waals surface area contributed by atoms with Gasteiger partial charge in [0.1, 0.15) is 5.82 Å². The Balaban J connectivity index is 0.00000261. The fourth-order valence-electron chi connectivity index (χ4n) is 3.51. The van der Waals surface area contributed by atoms with Crippen molar-refractivity contribution in [2.24, 2.45) is 4.99 Å². The molecule has 1 aromatic heterocycles. The number of methoxy groups -OCH3 is 1. The fourth-order valence-corrected chi connectivity index (χ4v) is 3.75. The first-order valence-corrected chi connectivity index (χ1v) is 9.49. The Labute approximate surface area is 183 Å². The molecular weight excluding hydrogens is 481 g/mol. The maximum atomic E-state index is 6.27. The number of nitrogens with one attached hydrogen (secondary N) is 2. The van der Waals surface area contributed by atoms with Crippen molar-refractivity contribution >= 4 is 47.4 Å². The number of halogens is 2. The highest BCUT2D eigenvalue weighted by molar-refractivity contribution is 14.0. The van der Waals surface area contributed by atoms with E-state index < -0.39 is 0 Å². The van der Waals surface area contributed by atoms with Crippen molar-refractivity contribution < 1.29 is 9.47 Å². The zero-order chi connectivity index (χ0) is 18.4. The highest BCUT2D eigenvalue weighted by Crippen LogP contribution is 2.26. The Hall–Kier alpha value is -0.840. The molecule has 0 amide bonds. The summed E-state index contributed by atoms with van der Waals surface area (Å²) in [4.78, 5) is 11.0. The fraction of sp³-hybridized carbons (Fsp3) is 0.667. The minimum Gasteiger partial charge on any atom is -0.381 e. The van der Waals surface area contributed by atoms with Crippen LogP contribution in [-0.4, -0.2) is 69.6 Å². The molecule has 9 heteroatoms. The molecule has 2 N–H and O–H groups in total. The summed E-state index contributed by atoms with van der Waals surface area (Å²) in [6.45, 7) is 3.97. The molecule has 7 nitrogen and oxygen atoms in total. The smallest absolute Gasteiger partial charge is 0.191 e. The topological polar surface area (TPSA) is 71.0 Å². The van der Waals surface area contributed by atoms with Gasteiger partial charge in [-0.25, -0.2) is 4.98 Å². The van der Waals surface area contributed by atoms with Crippen molar-refractivity contribution in [2.75, 3.05) is 51.9 Å². The van der Waals surface area contributed by atoms with Gasteiger partial charge in [-0.2, -0.15) is 0 Å². The molecule has 2 saturated heterocycles. The minimum absolute atomic E-state index is 0. The summed E-state index contributed by atoms with van der Waals surface area (Å²) in [5.74, 6) is 1.65. The predicted molar refractivity (Wildman–Crippen MR) is 120 cm³/mol. The molecule has 152 valence electrons. The second kappa shape index (κ2) is 10.6. The van der Waals surface area contributed by atoms with Crippen LogP contribution in [0.5, 0.6) is 0 Å². The van der Waals surface area contributed by atoms with E-state index >= 15 is 0 Å². The van der Waals surface area contributed by atoms with Crippen LogP contribution in [0.1, 0.15) is 19.3 Å². The van der Waals surface area contributed by atoms with Gasteiger partial charge in [-0.1, -0.05) is 11.6 Å². The molecule has 2 aliphatic heterocycles. The number of nitrogens with zero attached hydrogens (tertiary/aromatic N) is 3. The number of hydrogen-bond acceptors (Lipinski definition) is 5. The molecule has 2 aliphatic rings. The Morgan fingerprint density at radius 2 is 2.26 bits per heavy atom. The number of hydrogen-bond donors (Lipinski definition) is 2. The van der Waals surface area contributed by atoms with E-state index in [-0.39, 0.29) is 29.6 Å². The average Bonchev–Trinajstić information content (AvgIpc) is 3.14. The van der Waals surface area contributed by atoms with Crippen molar-refractivity contribution in [3.05, 3.63) is 23.4 Å². The number of guanidine groups is 1. The molecule has 0 saturated carbocycles. The number of aromatic nitrogens is 1. The van der Waals surface area contributed by atoms with Gasteiger partial charge in [0.15, 0.2) is 5.96 Å². The Kier molecular flexibility index (Phi) is 8.84. The van der Waals surface area contributed by atoms with Crippen LogP contribution in [0, 0.1) is 0 Å². The third-order valence-electron chi connectivity index (χ3n) is 5.21. The van der Waals surface area contributed by atoms with Crippen molar-refractivity contribution in [1.82, 2.24) is 15.6 Å². The lowest BCUT2D eigenvalue weighted by Crippen LogP contribution is -2.52. The van der Waals surface area contributed by atoms with Gasteiger partial charge in [-0.3, -0.25) is 4.99 Å². The number of ether oxygens (including phenoxy) is 2. The maximum absolute atomic E-state index is 6.27. The van der Waals surface area contributed by atoms with Crippen molar-refractivity contribution in [3.63, 3.8) is 0 Å². The van der Waals surface area contributed by atoms with E-state index in [0.29, 0.717) is 11.1 Å². The van der Waals surface area contributed by atoms with E-state index in [4.69, 9.17) is 21.1 Å². The lowest BCUT2D eigenvalue weighted by atomic mass is 9.94. The SMILES string of the molecule is CN=C(NCC1(OC)CCOCC1)NC1CCN(c2ncccc2Cl)C1.I. The molecule has 0 radical (unpaired) electrons.